The van der Waals surface area contributed by atoms with Crippen LogP contribution in [0.25, 0.3) is 11.4 Å². The van der Waals surface area contributed by atoms with Crippen molar-refractivity contribution in [2.75, 3.05) is 5.75 Å². The Morgan fingerprint density at radius 3 is 1.62 bits per heavy atom. The third-order valence-corrected chi connectivity index (χ3v) is 11.5. The normalized spacial score (nSPS) is 11.1. The van der Waals surface area contributed by atoms with Gasteiger partial charge in [0, 0.05) is 5.56 Å². The minimum absolute atomic E-state index is 0. The van der Waals surface area contributed by atoms with Crippen LogP contribution in [0.5, 0.6) is 0 Å². The summed E-state index contributed by atoms with van der Waals surface area (Å²) in [6, 6.07) is 39.5. The lowest BCUT2D eigenvalue weighted by molar-refractivity contribution is -0.00000718. The Morgan fingerprint density at radius 1 is 0.730 bits per heavy atom. The zero-order chi connectivity index (χ0) is 25.0. The van der Waals surface area contributed by atoms with Crippen molar-refractivity contribution in [1.29, 1.82) is 0 Å². The summed E-state index contributed by atoms with van der Waals surface area (Å²) in [7, 11) is -2.56. The number of benzene rings is 4. The SMILES string of the molecule is CCSc1nc(-c2ccc(C)cc2)[nH]c(=O)c1[P+](c1ccccc1)(c1ccccc1)c1ccccc1.[I-]. The van der Waals surface area contributed by atoms with Gasteiger partial charge in [-0.15, -0.1) is 11.8 Å². The molecule has 1 N–H and O–H groups in total. The van der Waals surface area contributed by atoms with E-state index in [-0.39, 0.29) is 29.5 Å². The lowest BCUT2D eigenvalue weighted by atomic mass is 10.1. The van der Waals surface area contributed by atoms with E-state index in [1.165, 1.54) is 5.56 Å². The quantitative estimate of drug-likeness (QED) is 0.130. The molecule has 0 aliphatic rings. The summed E-state index contributed by atoms with van der Waals surface area (Å²) in [4.78, 5) is 22.5. The van der Waals surface area contributed by atoms with E-state index in [4.69, 9.17) is 4.98 Å². The first-order chi connectivity index (χ1) is 17.6. The lowest BCUT2D eigenvalue weighted by Crippen LogP contribution is -3.00. The fourth-order valence-electron chi connectivity index (χ4n) is 4.62. The van der Waals surface area contributed by atoms with Crippen LogP contribution in [-0.4, -0.2) is 15.7 Å². The van der Waals surface area contributed by atoms with Crippen LogP contribution < -0.4 is 50.8 Å². The molecule has 1 heterocycles. The van der Waals surface area contributed by atoms with Crippen LogP contribution in [0.15, 0.2) is 125 Å². The number of rotatable bonds is 7. The topological polar surface area (TPSA) is 45.8 Å². The van der Waals surface area contributed by atoms with Gasteiger partial charge in [0.05, 0.1) is 0 Å². The van der Waals surface area contributed by atoms with E-state index in [0.717, 1.165) is 37.6 Å². The summed E-state index contributed by atoms with van der Waals surface area (Å²) in [5.74, 6) is 1.42. The Kier molecular flexibility index (Phi) is 9.01. The first kappa shape index (κ1) is 27.3. The number of nitrogens with one attached hydrogen (secondary N) is 1. The van der Waals surface area contributed by atoms with Gasteiger partial charge in [-0.25, -0.2) is 4.98 Å². The van der Waals surface area contributed by atoms with Gasteiger partial charge in [0.25, 0.3) is 5.56 Å². The third-order valence-electron chi connectivity index (χ3n) is 6.23. The van der Waals surface area contributed by atoms with Gasteiger partial charge in [0.15, 0.2) is 7.26 Å². The zero-order valence-electron chi connectivity index (χ0n) is 20.8. The Labute approximate surface area is 240 Å². The van der Waals surface area contributed by atoms with Crippen molar-refractivity contribution < 1.29 is 24.0 Å². The molecule has 0 saturated heterocycles. The van der Waals surface area contributed by atoms with Gasteiger partial charge in [-0.1, -0.05) is 91.3 Å². The third kappa shape index (κ3) is 5.31. The largest absolute Gasteiger partial charge is 1.00 e. The number of hydrogen-bond donors (Lipinski definition) is 1. The monoisotopic (exact) mass is 634 g/mol. The number of H-pyrrole nitrogens is 1. The fraction of sp³-hybridized carbons (Fsp3) is 0.0968. The molecule has 0 aliphatic carbocycles. The van der Waals surface area contributed by atoms with Crippen molar-refractivity contribution in [3.63, 3.8) is 0 Å². The minimum atomic E-state index is -2.56. The Balaban J connectivity index is 0.00000320. The maximum absolute atomic E-state index is 14.3. The molecule has 5 rings (SSSR count). The number of nitrogens with zero attached hydrogens (tertiary/aromatic N) is 1. The molecule has 0 atom stereocenters. The van der Waals surface area contributed by atoms with Gasteiger partial charge in [0.2, 0.25) is 5.30 Å². The highest BCUT2D eigenvalue weighted by atomic mass is 127. The van der Waals surface area contributed by atoms with Crippen molar-refractivity contribution in [2.24, 2.45) is 0 Å². The molecule has 0 bridgehead atoms. The van der Waals surface area contributed by atoms with Crippen LogP contribution in [-0.2, 0) is 0 Å². The number of aromatic nitrogens is 2. The molecule has 0 unspecified atom stereocenters. The van der Waals surface area contributed by atoms with Crippen molar-refractivity contribution in [3.8, 4) is 11.4 Å². The number of aryl methyl sites for hydroxylation is 1. The van der Waals surface area contributed by atoms with Gasteiger partial charge in [-0.2, -0.15) is 0 Å². The number of thioether (sulfide) groups is 1. The average Bonchev–Trinajstić information content (AvgIpc) is 2.93. The molecule has 0 fully saturated rings. The molecule has 0 aliphatic heterocycles. The highest BCUT2D eigenvalue weighted by Gasteiger charge is 2.52. The van der Waals surface area contributed by atoms with Crippen LogP contribution in [0.1, 0.15) is 12.5 Å². The van der Waals surface area contributed by atoms with Crippen molar-refractivity contribution >= 4 is 40.2 Å². The molecule has 4 aromatic carbocycles. The number of hydrogen-bond acceptors (Lipinski definition) is 3. The standard InChI is InChI=1S/C31H27N2OPS.HI/c1-3-36-31-28(30(34)32-29(33-31)24-21-19-23(2)20-22-24)35(25-13-7-4-8-14-25,26-15-9-5-10-16-26)27-17-11-6-12-18-27;/h4-22H,3H2,1-2H3;1H. The summed E-state index contributed by atoms with van der Waals surface area (Å²) >= 11 is 1.64. The second-order valence-corrected chi connectivity index (χ2v) is 13.1. The molecule has 1 aromatic heterocycles. The molecule has 0 radical (unpaired) electrons. The van der Waals surface area contributed by atoms with E-state index >= 15 is 0 Å². The molecule has 6 heteroatoms. The molecule has 5 aromatic rings. The number of aromatic amines is 1. The fourth-order valence-corrected chi connectivity index (χ4v) is 10.1. The van der Waals surface area contributed by atoms with E-state index in [0.29, 0.717) is 5.82 Å². The molecule has 0 saturated carbocycles. The van der Waals surface area contributed by atoms with Gasteiger partial charge < -0.3 is 29.0 Å². The highest BCUT2D eigenvalue weighted by molar-refractivity contribution is 8.04. The van der Waals surface area contributed by atoms with E-state index in [1.54, 1.807) is 11.8 Å². The van der Waals surface area contributed by atoms with Crippen LogP contribution in [0.3, 0.4) is 0 Å². The minimum Gasteiger partial charge on any atom is -1.00 e. The lowest BCUT2D eigenvalue weighted by Gasteiger charge is -2.28. The summed E-state index contributed by atoms with van der Waals surface area (Å²) in [6.45, 7) is 4.16. The Morgan fingerprint density at radius 2 is 1.19 bits per heavy atom. The zero-order valence-corrected chi connectivity index (χ0v) is 24.6. The van der Waals surface area contributed by atoms with Crippen LogP contribution in [0.4, 0.5) is 0 Å². The highest BCUT2D eigenvalue weighted by Crippen LogP contribution is 2.54. The smallest absolute Gasteiger partial charge is 0.296 e. The van der Waals surface area contributed by atoms with Gasteiger partial charge in [-0.05, 0) is 49.1 Å². The van der Waals surface area contributed by atoms with E-state index in [1.807, 2.05) is 42.5 Å². The Bertz CT molecular complexity index is 1410. The van der Waals surface area contributed by atoms with E-state index in [2.05, 4.69) is 91.6 Å². The van der Waals surface area contributed by atoms with Crippen LogP contribution in [0, 0.1) is 6.92 Å². The summed E-state index contributed by atoms with van der Waals surface area (Å²) in [5, 5.41) is 4.96. The predicted molar refractivity (Wildman–Crippen MR) is 156 cm³/mol. The number of halogens is 1. The summed E-state index contributed by atoms with van der Waals surface area (Å²) in [5.41, 5.74) is 2.00. The summed E-state index contributed by atoms with van der Waals surface area (Å²) < 4.78 is 0. The van der Waals surface area contributed by atoms with E-state index < -0.39 is 7.26 Å². The molecule has 186 valence electrons. The molecule has 37 heavy (non-hydrogen) atoms. The van der Waals surface area contributed by atoms with Gasteiger partial charge in [0.1, 0.15) is 26.8 Å². The second-order valence-electron chi connectivity index (χ2n) is 8.54. The first-order valence-corrected chi connectivity index (χ1v) is 14.8. The molecule has 3 nitrogen and oxygen atoms in total. The van der Waals surface area contributed by atoms with E-state index in [9.17, 15) is 4.79 Å². The van der Waals surface area contributed by atoms with Gasteiger partial charge >= 0.3 is 0 Å². The maximum atomic E-state index is 14.3. The molecular formula is C31H28IN2OPS. The second kappa shape index (κ2) is 12.2. The Hall–Kier alpha value is -2.73. The summed E-state index contributed by atoms with van der Waals surface area (Å²) in [6.07, 6.45) is 0. The van der Waals surface area contributed by atoms with Crippen molar-refractivity contribution in [2.45, 2.75) is 18.9 Å². The van der Waals surface area contributed by atoms with Crippen molar-refractivity contribution in [3.05, 3.63) is 131 Å². The molecule has 0 amide bonds. The first-order valence-electron chi connectivity index (χ1n) is 12.0. The maximum Gasteiger partial charge on any atom is 0.296 e. The average molecular weight is 635 g/mol. The van der Waals surface area contributed by atoms with Gasteiger partial charge in [-0.3, -0.25) is 4.79 Å². The predicted octanol–water partition coefficient (Wildman–Crippen LogP) is 2.48. The molecular weight excluding hydrogens is 606 g/mol. The van der Waals surface area contributed by atoms with Crippen LogP contribution in [0.2, 0.25) is 0 Å². The van der Waals surface area contributed by atoms with Crippen molar-refractivity contribution in [1.82, 2.24) is 9.97 Å². The van der Waals surface area contributed by atoms with Crippen LogP contribution >= 0.6 is 19.0 Å². The molecule has 0 spiro atoms.